The Balaban J connectivity index is 1.07. The molecule has 0 spiro atoms. The van der Waals surface area contributed by atoms with Crippen molar-refractivity contribution >= 4 is 52.5 Å². The number of aromatic amines is 1. The lowest BCUT2D eigenvalue weighted by Gasteiger charge is -2.36. The number of fused-ring (bicyclic) bond motifs is 1. The van der Waals surface area contributed by atoms with Crippen molar-refractivity contribution in [1.29, 1.82) is 0 Å². The highest BCUT2D eigenvalue weighted by Crippen LogP contribution is 2.28. The zero-order chi connectivity index (χ0) is 55.5. The number of aryl methyl sites for hydroxylation is 1. The van der Waals surface area contributed by atoms with Crippen molar-refractivity contribution < 1.29 is 52.5 Å². The van der Waals surface area contributed by atoms with Gasteiger partial charge in [-0.15, -0.1) is 0 Å². The number of imidazole rings is 1. The number of anilines is 1. The summed E-state index contributed by atoms with van der Waals surface area (Å²) in [6, 6.07) is 9.26. The number of nitrogens with zero attached hydrogens (tertiary/aromatic N) is 5. The molecule has 4 aromatic rings. The second-order valence-corrected chi connectivity index (χ2v) is 19.5. The van der Waals surface area contributed by atoms with Gasteiger partial charge in [0.05, 0.1) is 77.7 Å². The molecular formula is C54H79N11O12. The molecule has 0 aliphatic heterocycles. The molecule has 1 aliphatic carbocycles. The minimum Gasteiger partial charge on any atom is -0.445 e. The van der Waals surface area contributed by atoms with Gasteiger partial charge < -0.3 is 61.0 Å². The quantitative estimate of drug-likeness (QED) is 0.0347. The van der Waals surface area contributed by atoms with Crippen LogP contribution in [0.3, 0.4) is 0 Å². The number of H-pyrrole nitrogens is 1. The molecule has 0 saturated heterocycles. The summed E-state index contributed by atoms with van der Waals surface area (Å²) in [4.78, 5) is 107. The highest BCUT2D eigenvalue weighted by molar-refractivity contribution is 5.93. The molecule has 1 saturated carbocycles. The van der Waals surface area contributed by atoms with Crippen LogP contribution < -0.4 is 33.1 Å². The molecule has 8 N–H and O–H groups in total. The van der Waals surface area contributed by atoms with Crippen LogP contribution in [0.25, 0.3) is 11.2 Å². The van der Waals surface area contributed by atoms with E-state index >= 15 is 0 Å². The number of nitrogens with one attached hydrogen (secondary N) is 4. The highest BCUT2D eigenvalue weighted by atomic mass is 16.6. The number of rotatable bonds is 37. The number of unbranched alkanes of at least 4 members (excludes halogenated alkanes) is 1. The number of ketones is 2. The van der Waals surface area contributed by atoms with Crippen molar-refractivity contribution in [3.63, 3.8) is 0 Å². The molecule has 23 nitrogen and oxygen atoms in total. The second-order valence-electron chi connectivity index (χ2n) is 19.5. The first-order valence-corrected chi connectivity index (χ1v) is 26.7. The molecule has 422 valence electrons. The number of pyridine rings is 1. The number of carbonyl (C=O) groups excluding carboxylic acids is 6. The lowest BCUT2D eigenvalue weighted by Crippen LogP contribution is -2.46. The minimum atomic E-state index is -0.899. The Bertz CT molecular complexity index is 2570. The molecule has 3 heterocycles. The smallest absolute Gasteiger partial charge is 0.410 e. The van der Waals surface area contributed by atoms with Crippen LogP contribution in [0.4, 0.5) is 15.4 Å². The number of nitrogen functional groups attached to an aromatic ring is 1. The zero-order valence-corrected chi connectivity index (χ0v) is 45.1. The SMILES string of the molecule is CCCCc1nc(N)c2[nH]c(=O)n(Cc3ccc(CN(C(=O)OCc4ccc(CC(=O)[C@H](CCCNC(N)=O)NC(=O)[C@@H](CC(=O)CCOCCOCCOCCOCCNC(C)=O)C(C)C)cc4)C4CCC4)cn3)c2n1. The number of hydrogen-bond donors (Lipinski definition) is 6. The van der Waals surface area contributed by atoms with Gasteiger partial charge in [-0.1, -0.05) is 57.5 Å². The van der Waals surface area contributed by atoms with Gasteiger partial charge in [-0.25, -0.2) is 24.4 Å². The Hall–Kier alpha value is -6.82. The number of ether oxygens (including phenoxy) is 5. The summed E-state index contributed by atoms with van der Waals surface area (Å²) in [7, 11) is 0. The summed E-state index contributed by atoms with van der Waals surface area (Å²) < 4.78 is 29.2. The van der Waals surface area contributed by atoms with Crippen LogP contribution in [-0.4, -0.2) is 143 Å². The largest absolute Gasteiger partial charge is 0.445 e. The highest BCUT2D eigenvalue weighted by Gasteiger charge is 2.31. The monoisotopic (exact) mass is 1070 g/mol. The topological polar surface area (TPSA) is 316 Å². The van der Waals surface area contributed by atoms with Crippen LogP contribution in [0, 0.1) is 11.8 Å². The Labute approximate surface area is 449 Å². The van der Waals surface area contributed by atoms with Gasteiger partial charge in [0.15, 0.2) is 17.2 Å². The fourth-order valence-corrected chi connectivity index (χ4v) is 8.38. The first-order valence-electron chi connectivity index (χ1n) is 26.7. The lowest BCUT2D eigenvalue weighted by molar-refractivity contribution is -0.134. The number of aromatic nitrogens is 5. The van der Waals surface area contributed by atoms with Crippen molar-refractivity contribution in [2.24, 2.45) is 17.6 Å². The summed E-state index contributed by atoms with van der Waals surface area (Å²) in [6.45, 7) is 11.0. The van der Waals surface area contributed by atoms with Gasteiger partial charge in [0.25, 0.3) is 0 Å². The lowest BCUT2D eigenvalue weighted by atomic mass is 9.88. The van der Waals surface area contributed by atoms with Gasteiger partial charge in [0.2, 0.25) is 11.8 Å². The van der Waals surface area contributed by atoms with Crippen LogP contribution in [0.2, 0.25) is 0 Å². The maximum absolute atomic E-state index is 13.8. The van der Waals surface area contributed by atoms with E-state index in [4.69, 9.17) is 35.2 Å². The number of carbonyl (C=O) groups is 6. The molecule has 5 rings (SSSR count). The fourth-order valence-electron chi connectivity index (χ4n) is 8.38. The predicted molar refractivity (Wildman–Crippen MR) is 286 cm³/mol. The Kier molecular flexibility index (Phi) is 25.9. The van der Waals surface area contributed by atoms with E-state index in [-0.39, 0.29) is 106 Å². The number of urea groups is 1. The second kappa shape index (κ2) is 32.7. The maximum atomic E-state index is 13.8. The Morgan fingerprint density at radius 1 is 0.844 bits per heavy atom. The minimum absolute atomic E-state index is 0.000863. The van der Waals surface area contributed by atoms with E-state index in [0.717, 1.165) is 37.7 Å². The van der Waals surface area contributed by atoms with Crippen molar-refractivity contribution in [2.75, 3.05) is 71.7 Å². The Morgan fingerprint density at radius 2 is 1.51 bits per heavy atom. The molecular weight excluding hydrogens is 995 g/mol. The predicted octanol–water partition coefficient (Wildman–Crippen LogP) is 4.05. The summed E-state index contributed by atoms with van der Waals surface area (Å²) in [6.07, 6.45) is 7.12. The van der Waals surface area contributed by atoms with Crippen molar-refractivity contribution in [3.8, 4) is 0 Å². The molecule has 1 aliphatic rings. The number of nitrogens with two attached hydrogens (primary N) is 2. The van der Waals surface area contributed by atoms with E-state index < -0.39 is 30.0 Å². The average Bonchev–Trinajstić information content (AvgIpc) is 3.72. The molecule has 77 heavy (non-hydrogen) atoms. The van der Waals surface area contributed by atoms with Gasteiger partial charge in [0.1, 0.15) is 23.7 Å². The van der Waals surface area contributed by atoms with E-state index in [1.807, 2.05) is 26.0 Å². The van der Waals surface area contributed by atoms with Crippen LogP contribution in [0.5, 0.6) is 0 Å². The van der Waals surface area contributed by atoms with E-state index in [0.29, 0.717) is 92.8 Å². The first kappa shape index (κ1) is 61.0. The van der Waals surface area contributed by atoms with Gasteiger partial charge >= 0.3 is 17.8 Å². The third-order valence-electron chi connectivity index (χ3n) is 13.0. The molecule has 0 bridgehead atoms. The molecule has 1 fully saturated rings. The molecule has 2 atom stereocenters. The third kappa shape index (κ3) is 21.3. The van der Waals surface area contributed by atoms with Gasteiger partial charge in [-0.05, 0) is 67.2 Å². The van der Waals surface area contributed by atoms with Crippen molar-refractivity contribution in [3.05, 3.63) is 81.3 Å². The number of hydrogen-bond acceptors (Lipinski definition) is 16. The number of primary amides is 1. The van der Waals surface area contributed by atoms with E-state index in [1.54, 1.807) is 35.4 Å². The van der Waals surface area contributed by atoms with Crippen LogP contribution in [-0.2, 0) is 75.4 Å². The third-order valence-corrected chi connectivity index (χ3v) is 13.0. The Morgan fingerprint density at radius 3 is 2.12 bits per heavy atom. The summed E-state index contributed by atoms with van der Waals surface area (Å²) in [5.41, 5.74) is 14.7. The van der Waals surface area contributed by atoms with Crippen LogP contribution >= 0.6 is 0 Å². The molecule has 3 aromatic heterocycles. The fraction of sp³-hybridized carbons (Fsp3) is 0.593. The normalized spacial score (nSPS) is 13.2. The first-order chi connectivity index (χ1) is 37.1. The zero-order valence-electron chi connectivity index (χ0n) is 45.1. The standard InChI is InChI=1S/C54H79N11O12/c1-5-6-12-47-61-49(55)48-50(62-47)65(53(71)63-48)34-41-18-17-40(32-59-41)33-64(42-9-7-10-42)54(72)77-35-39-15-13-38(14-16-39)30-46(68)45(11-8-20-58-52(56)70)60-51(69)44(36(2)3)31-43(67)19-22-73-24-26-75-28-29-76-27-25-74-23-21-57-37(4)66/h13-18,32,36,42,44-45H,5-12,19-31,33-35H2,1-4H3,(H,57,66)(H,60,69)(H,63,71)(H2,55,61,62)(H3,56,58,70)/t44-,45-/m0/s1. The summed E-state index contributed by atoms with van der Waals surface area (Å²) >= 11 is 0. The summed E-state index contributed by atoms with van der Waals surface area (Å²) in [5, 5.41) is 8.07. The maximum Gasteiger partial charge on any atom is 0.410 e. The van der Waals surface area contributed by atoms with Gasteiger partial charge in [-0.2, -0.15) is 0 Å². The van der Waals surface area contributed by atoms with Crippen molar-refractivity contribution in [1.82, 2.24) is 45.4 Å². The van der Waals surface area contributed by atoms with Crippen LogP contribution in [0.15, 0.2) is 47.4 Å². The number of amides is 5. The molecule has 5 amide bonds. The molecule has 0 radical (unpaired) electrons. The van der Waals surface area contributed by atoms with Gasteiger partial charge in [-0.3, -0.25) is 28.7 Å². The van der Waals surface area contributed by atoms with Crippen LogP contribution in [0.1, 0.15) is 114 Å². The van der Waals surface area contributed by atoms with E-state index in [2.05, 4.69) is 42.8 Å². The van der Waals surface area contributed by atoms with E-state index in [1.165, 1.54) is 11.5 Å². The average molecular weight is 1070 g/mol. The number of benzene rings is 1. The molecule has 23 heteroatoms. The number of Topliss-reactive ketones (excluding diaryl/α,β-unsaturated/α-hetero) is 2. The summed E-state index contributed by atoms with van der Waals surface area (Å²) in [5.74, 6) is -1.01. The van der Waals surface area contributed by atoms with E-state index in [9.17, 15) is 33.6 Å². The molecule has 1 aromatic carbocycles. The molecule has 0 unspecified atom stereocenters. The van der Waals surface area contributed by atoms with Crippen molar-refractivity contribution in [2.45, 2.75) is 130 Å². The van der Waals surface area contributed by atoms with Gasteiger partial charge in [0, 0.05) is 63.9 Å².